The van der Waals surface area contributed by atoms with Crippen LogP contribution in [0.4, 0.5) is 0 Å². The summed E-state index contributed by atoms with van der Waals surface area (Å²) in [6, 6.07) is 18.0. The number of carbonyl (C=O) groups is 2. The molecule has 6 nitrogen and oxygen atoms in total. The van der Waals surface area contributed by atoms with Gasteiger partial charge in [-0.25, -0.2) is 0 Å². The fraction of sp³-hybridized carbons (Fsp3) is 0.231. The van der Waals surface area contributed by atoms with Gasteiger partial charge in [0.1, 0.15) is 22.8 Å². The average Bonchev–Trinajstić information content (AvgIpc) is 3.26. The number of nitrogens with one attached hydrogen (secondary N) is 2. The van der Waals surface area contributed by atoms with Crippen molar-refractivity contribution in [2.75, 3.05) is 0 Å². The molecule has 2 aromatic carbocycles. The second-order valence-corrected chi connectivity index (χ2v) is 8.52. The first-order valence-electron chi connectivity index (χ1n) is 10.5. The van der Waals surface area contributed by atoms with Crippen LogP contribution >= 0.6 is 0 Å². The topological polar surface area (TPSA) is 80.6 Å². The Labute approximate surface area is 187 Å². The van der Waals surface area contributed by atoms with E-state index < -0.39 is 11.5 Å². The van der Waals surface area contributed by atoms with Gasteiger partial charge in [0.15, 0.2) is 0 Å². The van der Waals surface area contributed by atoms with Crippen molar-refractivity contribution in [1.82, 2.24) is 10.6 Å². The summed E-state index contributed by atoms with van der Waals surface area (Å²) in [4.78, 5) is 26.1. The Morgan fingerprint density at radius 2 is 1.78 bits per heavy atom. The lowest BCUT2D eigenvalue weighted by molar-refractivity contribution is -0.119. The molecule has 4 rings (SSSR count). The molecule has 2 heterocycles. The van der Waals surface area contributed by atoms with Crippen LogP contribution in [0, 0.1) is 6.92 Å². The second kappa shape index (κ2) is 8.75. The highest BCUT2D eigenvalue weighted by Crippen LogP contribution is 2.39. The van der Waals surface area contributed by atoms with E-state index in [0.29, 0.717) is 17.7 Å². The number of furan rings is 1. The lowest BCUT2D eigenvalue weighted by Crippen LogP contribution is -2.43. The SMILES string of the molecule is Cc1ccc(C(=O)N/C(=C\c2ccco2)C(=O)NC2CC(C)(C)Oc3ccccc32)cc1. The van der Waals surface area contributed by atoms with Gasteiger partial charge in [0.05, 0.1) is 12.3 Å². The Morgan fingerprint density at radius 1 is 1.03 bits per heavy atom. The Hall–Kier alpha value is -3.80. The van der Waals surface area contributed by atoms with E-state index in [9.17, 15) is 9.59 Å². The van der Waals surface area contributed by atoms with Crippen molar-refractivity contribution in [3.05, 3.63) is 95.1 Å². The molecule has 0 spiro atoms. The van der Waals surface area contributed by atoms with Crippen LogP contribution in [-0.2, 0) is 4.79 Å². The third-order valence-electron chi connectivity index (χ3n) is 5.32. The molecule has 3 aromatic rings. The molecule has 1 aliphatic heterocycles. The standard InChI is InChI=1S/C26H26N2O4/c1-17-10-12-18(13-11-17)24(29)27-21(15-19-7-6-14-31-19)25(30)28-22-16-26(2,3)32-23-9-5-4-8-20(22)23/h4-15,22H,16H2,1-3H3,(H,27,29)(H,28,30)/b21-15-. The zero-order valence-electron chi connectivity index (χ0n) is 18.3. The second-order valence-electron chi connectivity index (χ2n) is 8.52. The Bertz CT molecular complexity index is 1140. The molecule has 164 valence electrons. The molecule has 0 saturated heterocycles. The summed E-state index contributed by atoms with van der Waals surface area (Å²) >= 11 is 0. The van der Waals surface area contributed by atoms with Crippen LogP contribution in [0.3, 0.4) is 0 Å². The summed E-state index contributed by atoms with van der Waals surface area (Å²) in [5.41, 5.74) is 2.08. The molecule has 6 heteroatoms. The number of hydrogen-bond acceptors (Lipinski definition) is 4. The predicted molar refractivity (Wildman–Crippen MR) is 122 cm³/mol. The monoisotopic (exact) mass is 430 g/mol. The number of ether oxygens (including phenoxy) is 1. The summed E-state index contributed by atoms with van der Waals surface area (Å²) < 4.78 is 11.4. The van der Waals surface area contributed by atoms with E-state index in [2.05, 4.69) is 10.6 Å². The number of para-hydroxylation sites is 1. The Morgan fingerprint density at radius 3 is 2.50 bits per heavy atom. The molecule has 0 fully saturated rings. The van der Waals surface area contributed by atoms with Crippen molar-refractivity contribution in [2.45, 2.75) is 38.8 Å². The van der Waals surface area contributed by atoms with Crippen molar-refractivity contribution < 1.29 is 18.7 Å². The first kappa shape index (κ1) is 21.4. The van der Waals surface area contributed by atoms with E-state index in [1.165, 1.54) is 12.3 Å². The minimum absolute atomic E-state index is 0.104. The number of aryl methyl sites for hydroxylation is 1. The van der Waals surface area contributed by atoms with Gasteiger partial charge in [-0.05, 0) is 51.1 Å². The number of rotatable bonds is 5. The molecule has 2 amide bonds. The van der Waals surface area contributed by atoms with Crippen LogP contribution in [0.1, 0.15) is 53.6 Å². The minimum atomic E-state index is -0.442. The van der Waals surface area contributed by atoms with Gasteiger partial charge < -0.3 is 19.8 Å². The summed E-state index contributed by atoms with van der Waals surface area (Å²) in [7, 11) is 0. The Balaban J connectivity index is 1.60. The van der Waals surface area contributed by atoms with Gasteiger partial charge in [0.2, 0.25) is 0 Å². The molecular formula is C26H26N2O4. The fourth-order valence-corrected chi connectivity index (χ4v) is 3.74. The van der Waals surface area contributed by atoms with Crippen molar-refractivity contribution in [2.24, 2.45) is 0 Å². The molecular weight excluding hydrogens is 404 g/mol. The van der Waals surface area contributed by atoms with Crippen LogP contribution < -0.4 is 15.4 Å². The third-order valence-corrected chi connectivity index (χ3v) is 5.32. The number of amides is 2. The fourth-order valence-electron chi connectivity index (χ4n) is 3.74. The molecule has 1 unspecified atom stereocenters. The summed E-state index contributed by atoms with van der Waals surface area (Å²) in [5, 5.41) is 5.81. The van der Waals surface area contributed by atoms with Crippen molar-refractivity contribution in [3.63, 3.8) is 0 Å². The minimum Gasteiger partial charge on any atom is -0.487 e. The first-order chi connectivity index (χ1) is 15.3. The van der Waals surface area contributed by atoms with Crippen molar-refractivity contribution in [3.8, 4) is 5.75 Å². The quantitative estimate of drug-likeness (QED) is 0.571. The average molecular weight is 431 g/mol. The van der Waals surface area contributed by atoms with Crippen LogP contribution in [0.2, 0.25) is 0 Å². The zero-order valence-corrected chi connectivity index (χ0v) is 18.3. The largest absolute Gasteiger partial charge is 0.487 e. The van der Waals surface area contributed by atoms with E-state index in [1.807, 2.05) is 57.2 Å². The van der Waals surface area contributed by atoms with Crippen molar-refractivity contribution >= 4 is 17.9 Å². The molecule has 0 radical (unpaired) electrons. The van der Waals surface area contributed by atoms with Gasteiger partial charge >= 0.3 is 0 Å². The normalized spacial score (nSPS) is 17.1. The van der Waals surface area contributed by atoms with Crippen LogP contribution in [0.15, 0.2) is 77.0 Å². The van der Waals surface area contributed by atoms with E-state index >= 15 is 0 Å². The van der Waals surface area contributed by atoms with Gasteiger partial charge in [0.25, 0.3) is 11.8 Å². The van der Waals surface area contributed by atoms with E-state index in [4.69, 9.17) is 9.15 Å². The summed E-state index contributed by atoms with van der Waals surface area (Å²) in [5.74, 6) is 0.436. The zero-order chi connectivity index (χ0) is 22.7. The highest BCUT2D eigenvalue weighted by Gasteiger charge is 2.34. The molecule has 0 aliphatic carbocycles. The van der Waals surface area contributed by atoms with Crippen LogP contribution in [0.5, 0.6) is 5.75 Å². The molecule has 1 aliphatic rings. The maximum Gasteiger partial charge on any atom is 0.268 e. The maximum atomic E-state index is 13.3. The maximum absolute atomic E-state index is 13.3. The highest BCUT2D eigenvalue weighted by atomic mass is 16.5. The Kier molecular flexibility index (Phi) is 5.86. The predicted octanol–water partition coefficient (Wildman–Crippen LogP) is 4.78. The molecule has 1 aromatic heterocycles. The highest BCUT2D eigenvalue weighted by molar-refractivity contribution is 6.05. The van der Waals surface area contributed by atoms with Gasteiger partial charge in [-0.3, -0.25) is 9.59 Å². The number of hydrogen-bond donors (Lipinski definition) is 2. The number of fused-ring (bicyclic) bond motifs is 1. The van der Waals surface area contributed by atoms with Gasteiger partial charge in [0, 0.05) is 23.6 Å². The van der Waals surface area contributed by atoms with E-state index in [0.717, 1.165) is 16.9 Å². The molecule has 1 atom stereocenters. The van der Waals surface area contributed by atoms with Crippen molar-refractivity contribution in [1.29, 1.82) is 0 Å². The summed E-state index contributed by atoms with van der Waals surface area (Å²) in [6.07, 6.45) is 3.63. The van der Waals surface area contributed by atoms with E-state index in [-0.39, 0.29) is 17.6 Å². The number of benzene rings is 2. The smallest absolute Gasteiger partial charge is 0.268 e. The van der Waals surface area contributed by atoms with Gasteiger partial charge in [-0.15, -0.1) is 0 Å². The van der Waals surface area contributed by atoms with E-state index in [1.54, 1.807) is 24.3 Å². The van der Waals surface area contributed by atoms with Gasteiger partial charge in [-0.1, -0.05) is 35.9 Å². The molecule has 0 bridgehead atoms. The molecule has 32 heavy (non-hydrogen) atoms. The third kappa shape index (κ3) is 4.91. The summed E-state index contributed by atoms with van der Waals surface area (Å²) in [6.45, 7) is 5.92. The lowest BCUT2D eigenvalue weighted by Gasteiger charge is -2.38. The number of carbonyl (C=O) groups excluding carboxylic acids is 2. The van der Waals surface area contributed by atoms with Crippen LogP contribution in [0.25, 0.3) is 6.08 Å². The molecule has 2 N–H and O–H groups in total. The first-order valence-corrected chi connectivity index (χ1v) is 10.5. The van der Waals surface area contributed by atoms with Crippen LogP contribution in [-0.4, -0.2) is 17.4 Å². The lowest BCUT2D eigenvalue weighted by atomic mass is 9.89. The van der Waals surface area contributed by atoms with Gasteiger partial charge in [-0.2, -0.15) is 0 Å². The molecule has 0 saturated carbocycles.